The second-order valence-corrected chi connectivity index (χ2v) is 5.13. The molecule has 1 aromatic carbocycles. The van der Waals surface area contributed by atoms with Gasteiger partial charge in [0.1, 0.15) is 5.75 Å². The van der Waals surface area contributed by atoms with Crippen LogP contribution < -0.4 is 9.64 Å². The van der Waals surface area contributed by atoms with Gasteiger partial charge >= 0.3 is 0 Å². The van der Waals surface area contributed by atoms with Gasteiger partial charge in [-0.15, -0.1) is 0 Å². The molecule has 0 saturated heterocycles. The number of fused-ring (bicyclic) bond motifs is 1. The molecule has 1 aliphatic heterocycles. The first-order chi connectivity index (χ1) is 9.58. The number of rotatable bonds is 1. The molecular formula is C15H17N3O2. The molecule has 2 aromatic rings. The Labute approximate surface area is 117 Å². The van der Waals surface area contributed by atoms with Gasteiger partial charge in [0.15, 0.2) is 0 Å². The van der Waals surface area contributed by atoms with Gasteiger partial charge in [0.25, 0.3) is 0 Å². The van der Waals surface area contributed by atoms with Crippen LogP contribution in [-0.4, -0.2) is 29.3 Å². The Morgan fingerprint density at radius 1 is 1.30 bits per heavy atom. The molecule has 0 N–H and O–H groups in total. The SMILES string of the molecule is CC1COc2ccc(-c3ccnn3C)cc2N(C)C1=O. The molecule has 0 fully saturated rings. The van der Waals surface area contributed by atoms with E-state index in [-0.39, 0.29) is 11.8 Å². The Hall–Kier alpha value is -2.30. The third-order valence-electron chi connectivity index (χ3n) is 3.68. The average molecular weight is 271 g/mol. The number of amides is 1. The number of benzene rings is 1. The van der Waals surface area contributed by atoms with E-state index in [1.807, 2.05) is 42.9 Å². The zero-order valence-electron chi connectivity index (χ0n) is 11.8. The molecule has 0 spiro atoms. The van der Waals surface area contributed by atoms with E-state index in [1.165, 1.54) is 0 Å². The molecule has 0 radical (unpaired) electrons. The van der Waals surface area contributed by atoms with Gasteiger partial charge in [-0.3, -0.25) is 9.48 Å². The van der Waals surface area contributed by atoms with Crippen molar-refractivity contribution in [3.63, 3.8) is 0 Å². The molecule has 3 rings (SSSR count). The number of nitrogens with zero attached hydrogens (tertiary/aromatic N) is 3. The van der Waals surface area contributed by atoms with Gasteiger partial charge in [-0.1, -0.05) is 6.92 Å². The molecule has 1 atom stereocenters. The van der Waals surface area contributed by atoms with Gasteiger partial charge < -0.3 is 9.64 Å². The Kier molecular flexibility index (Phi) is 2.97. The number of carbonyl (C=O) groups excluding carboxylic acids is 1. The molecule has 1 amide bonds. The summed E-state index contributed by atoms with van der Waals surface area (Å²) < 4.78 is 7.53. The lowest BCUT2D eigenvalue weighted by Gasteiger charge is -2.18. The number of hydrogen-bond acceptors (Lipinski definition) is 3. The average Bonchev–Trinajstić information content (AvgIpc) is 2.85. The van der Waals surface area contributed by atoms with Gasteiger partial charge in [0.2, 0.25) is 5.91 Å². The highest BCUT2D eigenvalue weighted by atomic mass is 16.5. The third kappa shape index (κ3) is 1.95. The van der Waals surface area contributed by atoms with Crippen molar-refractivity contribution >= 4 is 11.6 Å². The van der Waals surface area contributed by atoms with Crippen molar-refractivity contribution in [3.8, 4) is 17.0 Å². The molecule has 20 heavy (non-hydrogen) atoms. The van der Waals surface area contributed by atoms with E-state index < -0.39 is 0 Å². The molecule has 0 bridgehead atoms. The van der Waals surface area contributed by atoms with Crippen LogP contribution in [0.4, 0.5) is 5.69 Å². The van der Waals surface area contributed by atoms with Gasteiger partial charge in [0.05, 0.1) is 23.9 Å². The van der Waals surface area contributed by atoms with Crippen LogP contribution in [0.3, 0.4) is 0 Å². The first-order valence-electron chi connectivity index (χ1n) is 6.60. The molecule has 0 saturated carbocycles. The van der Waals surface area contributed by atoms with E-state index in [1.54, 1.807) is 18.1 Å². The van der Waals surface area contributed by atoms with Crippen LogP contribution in [-0.2, 0) is 11.8 Å². The van der Waals surface area contributed by atoms with E-state index in [0.29, 0.717) is 6.61 Å². The van der Waals surface area contributed by atoms with Crippen molar-refractivity contribution in [1.29, 1.82) is 0 Å². The van der Waals surface area contributed by atoms with Crippen LogP contribution in [0.15, 0.2) is 30.5 Å². The summed E-state index contributed by atoms with van der Waals surface area (Å²) in [4.78, 5) is 13.9. The van der Waals surface area contributed by atoms with Gasteiger partial charge in [-0.05, 0) is 24.3 Å². The zero-order chi connectivity index (χ0) is 14.3. The fourth-order valence-electron chi connectivity index (χ4n) is 2.45. The lowest BCUT2D eigenvalue weighted by atomic mass is 10.1. The molecule has 1 aliphatic rings. The van der Waals surface area contributed by atoms with Crippen LogP contribution >= 0.6 is 0 Å². The first-order valence-corrected chi connectivity index (χ1v) is 6.60. The largest absolute Gasteiger partial charge is 0.491 e. The van der Waals surface area contributed by atoms with Crippen LogP contribution in [0, 0.1) is 5.92 Å². The van der Waals surface area contributed by atoms with Crippen molar-refractivity contribution in [1.82, 2.24) is 9.78 Å². The standard InChI is InChI=1S/C15H17N3O2/c1-10-9-20-14-5-4-11(12-6-7-16-18(12)3)8-13(14)17(2)15(10)19/h4-8,10H,9H2,1-3H3. The highest BCUT2D eigenvalue weighted by Gasteiger charge is 2.26. The highest BCUT2D eigenvalue weighted by Crippen LogP contribution is 2.35. The Morgan fingerprint density at radius 2 is 2.10 bits per heavy atom. The lowest BCUT2D eigenvalue weighted by Crippen LogP contribution is -2.31. The van der Waals surface area contributed by atoms with Crippen molar-refractivity contribution in [3.05, 3.63) is 30.5 Å². The van der Waals surface area contributed by atoms with Crippen molar-refractivity contribution in [2.45, 2.75) is 6.92 Å². The predicted octanol–water partition coefficient (Wildman–Crippen LogP) is 2.08. The number of hydrogen-bond donors (Lipinski definition) is 0. The third-order valence-corrected chi connectivity index (χ3v) is 3.68. The first kappa shape index (κ1) is 12.7. The van der Waals surface area contributed by atoms with Crippen LogP contribution in [0.2, 0.25) is 0 Å². The van der Waals surface area contributed by atoms with Crippen molar-refractivity contribution in [2.75, 3.05) is 18.6 Å². The molecular weight excluding hydrogens is 254 g/mol. The number of ether oxygens (including phenoxy) is 1. The van der Waals surface area contributed by atoms with Gasteiger partial charge in [-0.2, -0.15) is 5.10 Å². The minimum absolute atomic E-state index is 0.0749. The minimum atomic E-state index is -0.132. The van der Waals surface area contributed by atoms with E-state index >= 15 is 0 Å². The smallest absolute Gasteiger partial charge is 0.233 e. The van der Waals surface area contributed by atoms with E-state index in [9.17, 15) is 4.79 Å². The summed E-state index contributed by atoms with van der Waals surface area (Å²) in [6.45, 7) is 2.30. The molecule has 5 heteroatoms. The fourth-order valence-corrected chi connectivity index (χ4v) is 2.45. The number of aryl methyl sites for hydroxylation is 1. The summed E-state index contributed by atoms with van der Waals surface area (Å²) in [7, 11) is 3.69. The molecule has 1 aromatic heterocycles. The fraction of sp³-hybridized carbons (Fsp3) is 0.333. The molecule has 0 aliphatic carbocycles. The Bertz CT molecular complexity index is 663. The summed E-state index contributed by atoms with van der Waals surface area (Å²) in [6, 6.07) is 7.83. The van der Waals surface area contributed by atoms with E-state index in [4.69, 9.17) is 4.74 Å². The van der Waals surface area contributed by atoms with Crippen LogP contribution in [0.1, 0.15) is 6.92 Å². The number of anilines is 1. The summed E-state index contributed by atoms with van der Waals surface area (Å²) in [5, 5.41) is 4.17. The normalized spacial score (nSPS) is 18.4. The maximum Gasteiger partial charge on any atom is 0.233 e. The summed E-state index contributed by atoms with van der Waals surface area (Å²) >= 11 is 0. The quantitative estimate of drug-likeness (QED) is 0.797. The molecule has 104 valence electrons. The molecule has 5 nitrogen and oxygen atoms in total. The Balaban J connectivity index is 2.09. The summed E-state index contributed by atoms with van der Waals surface area (Å²) in [5.41, 5.74) is 2.82. The highest BCUT2D eigenvalue weighted by molar-refractivity contribution is 5.97. The number of aromatic nitrogens is 2. The summed E-state index contributed by atoms with van der Waals surface area (Å²) in [5.74, 6) is 0.689. The number of carbonyl (C=O) groups is 1. The zero-order valence-corrected chi connectivity index (χ0v) is 11.8. The van der Waals surface area contributed by atoms with Crippen LogP contribution in [0.25, 0.3) is 11.3 Å². The van der Waals surface area contributed by atoms with E-state index in [2.05, 4.69) is 5.10 Å². The van der Waals surface area contributed by atoms with E-state index in [0.717, 1.165) is 22.7 Å². The van der Waals surface area contributed by atoms with Crippen LogP contribution in [0.5, 0.6) is 5.75 Å². The summed E-state index contributed by atoms with van der Waals surface area (Å²) in [6.07, 6.45) is 1.76. The predicted molar refractivity (Wildman–Crippen MR) is 76.7 cm³/mol. The molecule has 2 heterocycles. The minimum Gasteiger partial charge on any atom is -0.491 e. The Morgan fingerprint density at radius 3 is 2.80 bits per heavy atom. The second kappa shape index (κ2) is 4.67. The maximum atomic E-state index is 12.2. The topological polar surface area (TPSA) is 47.4 Å². The molecule has 1 unspecified atom stereocenters. The maximum absolute atomic E-state index is 12.2. The second-order valence-electron chi connectivity index (χ2n) is 5.13. The monoisotopic (exact) mass is 271 g/mol. The lowest BCUT2D eigenvalue weighted by molar-refractivity contribution is -0.122. The van der Waals surface area contributed by atoms with Crippen molar-refractivity contribution < 1.29 is 9.53 Å². The van der Waals surface area contributed by atoms with Crippen molar-refractivity contribution in [2.24, 2.45) is 13.0 Å². The van der Waals surface area contributed by atoms with Gasteiger partial charge in [-0.25, -0.2) is 0 Å². The van der Waals surface area contributed by atoms with Gasteiger partial charge in [0, 0.05) is 25.9 Å².